The number of ether oxygens (including phenoxy) is 1. The van der Waals surface area contributed by atoms with Crippen molar-refractivity contribution in [3.8, 4) is 5.75 Å². The zero-order valence-electron chi connectivity index (χ0n) is 20.9. The number of hydrogen-bond acceptors (Lipinski definition) is 7. The fraction of sp³-hybridized carbons (Fsp3) is 0.440. The molecule has 3 aliphatic rings. The number of hydroxylamine groups is 2. The van der Waals surface area contributed by atoms with E-state index in [-0.39, 0.29) is 47.6 Å². The standard InChI is InChI=1S/C25H27F2N5O5/c1-13-7-8-25(29-14(2)30(3)37-25)19-12-31(13)24(35)20-22(36-4)21(33)17(11-32(19)20)23(34)28-10-15-5-6-16(26)9-18(15)27/h5-6,9,11,13,19H,7-8,10,12H2,1-4H3,(H,28,34)/t13-,19+,25+/m0/s1. The molecule has 10 nitrogen and oxygen atoms in total. The third-order valence-corrected chi connectivity index (χ3v) is 7.34. The van der Waals surface area contributed by atoms with Gasteiger partial charge in [-0.15, -0.1) is 0 Å². The second-order valence-corrected chi connectivity index (χ2v) is 9.53. The van der Waals surface area contributed by atoms with Crippen molar-refractivity contribution in [2.24, 2.45) is 4.99 Å². The molecule has 1 saturated heterocycles. The molecule has 1 N–H and O–H groups in total. The Bertz CT molecular complexity index is 1390. The van der Waals surface area contributed by atoms with Crippen LogP contribution < -0.4 is 15.5 Å². The molecule has 1 spiro atoms. The number of hydrogen-bond donors (Lipinski definition) is 1. The van der Waals surface area contributed by atoms with E-state index in [9.17, 15) is 23.2 Å². The molecule has 0 saturated carbocycles. The highest BCUT2D eigenvalue weighted by Crippen LogP contribution is 2.45. The van der Waals surface area contributed by atoms with Gasteiger partial charge in [0.05, 0.1) is 7.11 Å². The van der Waals surface area contributed by atoms with Gasteiger partial charge in [-0.1, -0.05) is 6.07 Å². The number of carbonyl (C=O) groups is 2. The lowest BCUT2D eigenvalue weighted by Gasteiger charge is -2.41. The number of rotatable bonds is 4. The lowest BCUT2D eigenvalue weighted by Crippen LogP contribution is -2.52. The van der Waals surface area contributed by atoms with E-state index in [0.29, 0.717) is 24.7 Å². The largest absolute Gasteiger partial charge is 0.491 e. The van der Waals surface area contributed by atoms with E-state index in [4.69, 9.17) is 14.6 Å². The molecule has 0 radical (unpaired) electrons. The highest BCUT2D eigenvalue weighted by molar-refractivity contribution is 5.99. The predicted octanol–water partition coefficient (Wildman–Crippen LogP) is 2.24. The van der Waals surface area contributed by atoms with Gasteiger partial charge in [0.1, 0.15) is 29.1 Å². The second kappa shape index (κ2) is 8.94. The second-order valence-electron chi connectivity index (χ2n) is 9.53. The minimum absolute atomic E-state index is 0.0176. The number of benzene rings is 1. The Balaban J connectivity index is 1.60. The molecule has 196 valence electrons. The molecule has 1 fully saturated rings. The number of fused-ring (bicyclic) bond motifs is 5. The van der Waals surface area contributed by atoms with Crippen LogP contribution in [0.4, 0.5) is 8.78 Å². The number of aliphatic imine (C=N–C) groups is 1. The van der Waals surface area contributed by atoms with Crippen LogP contribution in [-0.4, -0.2) is 64.6 Å². The third-order valence-electron chi connectivity index (χ3n) is 7.34. The van der Waals surface area contributed by atoms with Crippen LogP contribution >= 0.6 is 0 Å². The van der Waals surface area contributed by atoms with Crippen molar-refractivity contribution in [3.63, 3.8) is 0 Å². The van der Waals surface area contributed by atoms with E-state index in [2.05, 4.69) is 5.32 Å². The van der Waals surface area contributed by atoms with Crippen LogP contribution in [0.2, 0.25) is 0 Å². The van der Waals surface area contributed by atoms with E-state index in [1.165, 1.54) is 19.4 Å². The minimum Gasteiger partial charge on any atom is -0.491 e. The van der Waals surface area contributed by atoms with E-state index < -0.39 is 34.7 Å². The number of halogens is 2. The highest BCUT2D eigenvalue weighted by atomic mass is 19.1. The summed E-state index contributed by atoms with van der Waals surface area (Å²) in [5, 5.41) is 4.07. The Morgan fingerprint density at radius 1 is 1.32 bits per heavy atom. The summed E-state index contributed by atoms with van der Waals surface area (Å²) in [6.45, 7) is 3.73. The topological polar surface area (TPSA) is 105 Å². The molecule has 12 heteroatoms. The number of amidine groups is 1. The lowest BCUT2D eigenvalue weighted by molar-refractivity contribution is -0.189. The van der Waals surface area contributed by atoms with Gasteiger partial charge in [0.15, 0.2) is 11.4 Å². The Morgan fingerprint density at radius 3 is 2.73 bits per heavy atom. The van der Waals surface area contributed by atoms with Gasteiger partial charge in [0, 0.05) is 50.4 Å². The Labute approximate surface area is 211 Å². The third kappa shape index (κ3) is 3.95. The van der Waals surface area contributed by atoms with Gasteiger partial charge in [0.2, 0.25) is 11.2 Å². The Kier molecular flexibility index (Phi) is 6.01. The molecule has 0 aliphatic carbocycles. The summed E-state index contributed by atoms with van der Waals surface area (Å²) < 4.78 is 34.2. The Hall–Kier alpha value is -3.80. The van der Waals surface area contributed by atoms with Gasteiger partial charge in [0.25, 0.3) is 11.8 Å². The summed E-state index contributed by atoms with van der Waals surface area (Å²) >= 11 is 0. The first-order chi connectivity index (χ1) is 17.6. The molecule has 2 amide bonds. The molecule has 1 aromatic carbocycles. The number of amides is 2. The van der Waals surface area contributed by atoms with Crippen molar-refractivity contribution in [3.05, 3.63) is 63.1 Å². The maximum atomic E-state index is 14.1. The smallest absolute Gasteiger partial charge is 0.274 e. The van der Waals surface area contributed by atoms with Crippen LogP contribution in [0.1, 0.15) is 59.1 Å². The molecule has 37 heavy (non-hydrogen) atoms. The van der Waals surface area contributed by atoms with Gasteiger partial charge < -0.3 is 19.5 Å². The van der Waals surface area contributed by atoms with Crippen LogP contribution in [0.25, 0.3) is 0 Å². The molecule has 5 rings (SSSR count). The quantitative estimate of drug-likeness (QED) is 0.670. The average molecular weight is 516 g/mol. The average Bonchev–Trinajstić information content (AvgIpc) is 3.08. The van der Waals surface area contributed by atoms with Crippen LogP contribution in [-0.2, 0) is 11.4 Å². The zero-order chi connectivity index (χ0) is 26.6. The number of nitrogens with one attached hydrogen (secondary N) is 1. The van der Waals surface area contributed by atoms with E-state index in [1.807, 2.05) is 13.8 Å². The number of pyridine rings is 1. The zero-order valence-corrected chi connectivity index (χ0v) is 20.9. The molecular formula is C25H27F2N5O5. The van der Waals surface area contributed by atoms with Gasteiger partial charge in [-0.2, -0.15) is 0 Å². The van der Waals surface area contributed by atoms with Crippen LogP contribution in [0.5, 0.6) is 5.75 Å². The number of carbonyl (C=O) groups excluding carboxylic acids is 2. The normalized spacial score (nSPS) is 24.6. The molecular weight excluding hydrogens is 488 g/mol. The van der Waals surface area contributed by atoms with Gasteiger partial charge in [-0.25, -0.2) is 23.7 Å². The summed E-state index contributed by atoms with van der Waals surface area (Å²) in [6.07, 6.45) is 2.44. The number of nitrogens with zero attached hydrogens (tertiary/aromatic N) is 4. The van der Waals surface area contributed by atoms with Gasteiger partial charge >= 0.3 is 0 Å². The minimum atomic E-state index is -1.05. The first-order valence-electron chi connectivity index (χ1n) is 11.9. The van der Waals surface area contributed by atoms with Crippen LogP contribution in [0.15, 0.2) is 34.2 Å². The molecule has 3 aliphatic heterocycles. The first-order valence-corrected chi connectivity index (χ1v) is 11.9. The van der Waals surface area contributed by atoms with Crippen molar-refractivity contribution in [2.75, 3.05) is 20.7 Å². The van der Waals surface area contributed by atoms with Gasteiger partial charge in [-0.3, -0.25) is 14.4 Å². The maximum Gasteiger partial charge on any atom is 0.274 e. The summed E-state index contributed by atoms with van der Waals surface area (Å²) in [6, 6.07) is 2.31. The monoisotopic (exact) mass is 515 g/mol. The van der Waals surface area contributed by atoms with Gasteiger partial charge in [-0.05, 0) is 26.3 Å². The highest BCUT2D eigenvalue weighted by Gasteiger charge is 2.54. The van der Waals surface area contributed by atoms with E-state index in [0.717, 1.165) is 6.07 Å². The van der Waals surface area contributed by atoms with E-state index in [1.54, 1.807) is 21.6 Å². The van der Waals surface area contributed by atoms with Crippen molar-refractivity contribution >= 4 is 17.6 Å². The first kappa shape index (κ1) is 24.9. The SMILES string of the molecule is COc1c2n(cc(C(=O)NCc3ccc(F)cc3F)c1=O)[C@@H]1CN(C2=O)[C@@H](C)CC[C@]12N=C(C)N(C)O2. The number of methoxy groups -OCH3 is 1. The summed E-state index contributed by atoms with van der Waals surface area (Å²) in [5.74, 6) is -2.35. The predicted molar refractivity (Wildman–Crippen MR) is 128 cm³/mol. The van der Waals surface area contributed by atoms with Crippen molar-refractivity contribution in [1.29, 1.82) is 0 Å². The summed E-state index contributed by atoms with van der Waals surface area (Å²) in [4.78, 5) is 52.7. The summed E-state index contributed by atoms with van der Waals surface area (Å²) in [7, 11) is 3.00. The maximum absolute atomic E-state index is 14.1. The van der Waals surface area contributed by atoms with E-state index >= 15 is 0 Å². The fourth-order valence-electron chi connectivity index (χ4n) is 5.23. The molecule has 0 unspecified atom stereocenters. The molecule has 2 aromatic rings. The van der Waals surface area contributed by atoms with Crippen LogP contribution in [0, 0.1) is 11.6 Å². The van der Waals surface area contributed by atoms with Crippen molar-refractivity contribution < 1.29 is 27.9 Å². The molecule has 4 heterocycles. The molecule has 2 bridgehead atoms. The molecule has 1 aromatic heterocycles. The number of aromatic nitrogens is 1. The van der Waals surface area contributed by atoms with Crippen molar-refractivity contribution in [1.82, 2.24) is 19.8 Å². The fourth-order valence-corrected chi connectivity index (χ4v) is 5.23. The van der Waals surface area contributed by atoms with Crippen LogP contribution in [0.3, 0.4) is 0 Å². The Morgan fingerprint density at radius 2 is 2.08 bits per heavy atom. The van der Waals surface area contributed by atoms with Crippen molar-refractivity contribution in [2.45, 2.75) is 51.0 Å². The summed E-state index contributed by atoms with van der Waals surface area (Å²) in [5.41, 5.74) is -2.05. The lowest BCUT2D eigenvalue weighted by atomic mass is 9.97. The molecule has 3 atom stereocenters.